The fourth-order valence-corrected chi connectivity index (χ4v) is 12.4. The van der Waals surface area contributed by atoms with Gasteiger partial charge in [-0.3, -0.25) is 9.69 Å². The Bertz CT molecular complexity index is 1340. The number of methoxy groups -OCH3 is 3. The van der Waals surface area contributed by atoms with Gasteiger partial charge in [0.2, 0.25) is 5.91 Å². The van der Waals surface area contributed by atoms with Gasteiger partial charge >= 0.3 is 5.97 Å². The van der Waals surface area contributed by atoms with E-state index in [1.165, 1.54) is 6.92 Å². The maximum Gasteiger partial charge on any atom is 0.340 e. The summed E-state index contributed by atoms with van der Waals surface area (Å²) in [7, 11) is 5.47. The Morgan fingerprint density at radius 2 is 1.88 bits per heavy atom. The molecule has 2 heterocycles. The molecule has 1 amide bonds. The Balaban J connectivity index is 1.29. The first-order chi connectivity index (χ1) is 20.8. The highest BCUT2D eigenvalue weighted by Gasteiger charge is 2.91. The van der Waals surface area contributed by atoms with Crippen molar-refractivity contribution in [2.45, 2.75) is 87.1 Å². The van der Waals surface area contributed by atoms with Gasteiger partial charge in [-0.25, -0.2) is 4.79 Å². The van der Waals surface area contributed by atoms with Crippen LogP contribution in [-0.4, -0.2) is 99.1 Å². The van der Waals surface area contributed by atoms with E-state index < -0.39 is 22.8 Å². The molecule has 10 heteroatoms. The van der Waals surface area contributed by atoms with E-state index in [2.05, 4.69) is 17.1 Å². The molecule has 0 radical (unpaired) electrons. The van der Waals surface area contributed by atoms with E-state index >= 15 is 0 Å². The summed E-state index contributed by atoms with van der Waals surface area (Å²) in [6.07, 6.45) is 3.91. The zero-order valence-electron chi connectivity index (χ0n) is 25.8. The second-order valence-electron chi connectivity index (χ2n) is 14.0. The number of hydrogen-bond acceptors (Lipinski definition) is 9. The van der Waals surface area contributed by atoms with Crippen molar-refractivity contribution in [2.24, 2.45) is 29.1 Å². The number of rotatable bonds is 7. The van der Waals surface area contributed by atoms with E-state index in [0.717, 1.165) is 32.2 Å². The maximum absolute atomic E-state index is 14.1. The number of carbonyl (C=O) groups is 2. The topological polar surface area (TPSA) is 105 Å². The second kappa shape index (κ2) is 9.47. The van der Waals surface area contributed by atoms with Crippen LogP contribution in [0.4, 0.5) is 5.69 Å². The molecule has 43 heavy (non-hydrogen) atoms. The Morgan fingerprint density at radius 3 is 2.60 bits per heavy atom. The van der Waals surface area contributed by atoms with Gasteiger partial charge in [-0.1, -0.05) is 19.1 Å². The van der Waals surface area contributed by atoms with Crippen LogP contribution in [-0.2, 0) is 33.2 Å². The first-order valence-electron chi connectivity index (χ1n) is 16.0. The lowest BCUT2D eigenvalue weighted by Gasteiger charge is -2.70. The summed E-state index contributed by atoms with van der Waals surface area (Å²) in [5.74, 6) is -0.131. The van der Waals surface area contributed by atoms with Gasteiger partial charge < -0.3 is 33.7 Å². The molecule has 2 saturated heterocycles. The molecule has 1 aromatic rings. The summed E-state index contributed by atoms with van der Waals surface area (Å²) in [5.41, 5.74) is -1.33. The molecule has 7 aliphatic rings. The summed E-state index contributed by atoms with van der Waals surface area (Å²) < 4.78 is 39.7. The van der Waals surface area contributed by atoms with E-state index in [1.54, 1.807) is 19.2 Å². The highest BCUT2D eigenvalue weighted by Crippen LogP contribution is 2.81. The van der Waals surface area contributed by atoms with Gasteiger partial charge in [0.05, 0.1) is 29.6 Å². The quantitative estimate of drug-likeness (QED) is 0.475. The molecule has 0 aromatic heterocycles. The lowest BCUT2D eigenvalue weighted by molar-refractivity contribution is -0.305. The van der Waals surface area contributed by atoms with Crippen LogP contribution in [0, 0.1) is 29.1 Å². The van der Waals surface area contributed by atoms with Crippen molar-refractivity contribution >= 4 is 17.6 Å². The highest BCUT2D eigenvalue weighted by molar-refractivity contribution is 6.00. The van der Waals surface area contributed by atoms with Crippen LogP contribution in [0.2, 0.25) is 0 Å². The molecule has 2 aliphatic heterocycles. The first kappa shape index (κ1) is 28.4. The first-order valence-corrected chi connectivity index (χ1v) is 16.0. The normalized spacial score (nSPS) is 48.6. The third-order valence-electron chi connectivity index (χ3n) is 13.2. The van der Waals surface area contributed by atoms with Crippen molar-refractivity contribution < 1.29 is 38.0 Å². The molecule has 2 unspecified atom stereocenters. The minimum atomic E-state index is -0.710. The molecule has 8 rings (SSSR count). The van der Waals surface area contributed by atoms with Crippen LogP contribution in [0.15, 0.2) is 24.3 Å². The van der Waals surface area contributed by atoms with Crippen LogP contribution in [0.3, 0.4) is 0 Å². The van der Waals surface area contributed by atoms with Crippen molar-refractivity contribution in [1.29, 1.82) is 0 Å². The molecular formula is C33H44N2O8. The molecule has 5 saturated carbocycles. The summed E-state index contributed by atoms with van der Waals surface area (Å²) in [5, 5.41) is 2.82. The molecule has 12 atom stereocenters. The number of nitrogens with one attached hydrogen (secondary N) is 1. The number of para-hydroxylation sites is 1. The van der Waals surface area contributed by atoms with Gasteiger partial charge in [-0.05, 0) is 44.4 Å². The van der Waals surface area contributed by atoms with Crippen molar-refractivity contribution in [2.75, 3.05) is 46.5 Å². The van der Waals surface area contributed by atoms with Gasteiger partial charge in [-0.15, -0.1) is 0 Å². The van der Waals surface area contributed by atoms with E-state index in [0.29, 0.717) is 24.2 Å². The largest absolute Gasteiger partial charge is 0.454 e. The van der Waals surface area contributed by atoms with Crippen LogP contribution >= 0.6 is 0 Å². The highest BCUT2D eigenvalue weighted by atomic mass is 16.7. The average Bonchev–Trinajstić information content (AvgIpc) is 3.61. The van der Waals surface area contributed by atoms with Crippen molar-refractivity contribution in [3.05, 3.63) is 29.8 Å². The molecule has 10 nitrogen and oxygen atoms in total. The number of hydrogen-bond donors (Lipinski definition) is 1. The van der Waals surface area contributed by atoms with Gasteiger partial charge in [0, 0.05) is 76.3 Å². The minimum absolute atomic E-state index is 0.0141. The monoisotopic (exact) mass is 596 g/mol. The second-order valence-corrected chi connectivity index (χ2v) is 14.0. The predicted molar refractivity (Wildman–Crippen MR) is 154 cm³/mol. The number of benzene rings is 1. The standard InChI is InChI=1S/C33H44N2O8/c1-6-35-16-30(43-29(37)19-9-7-8-10-22(19)34-18(2)36)12-11-26(39-4)32-24(30)14-21(27(32)35)31-15-23(38-3)20-13-25(32)33(31,28(20)40-5)42-17-41-31/h7-10,20-21,23-28H,6,11-17H2,1-5H3,(H,34,36)/t20-,21-,23+,24-,25?,26+,27?,28+,30-,31+,32+,33+/m1/s1. The van der Waals surface area contributed by atoms with E-state index in [1.807, 2.05) is 26.4 Å². The molecule has 2 spiro atoms. The zero-order chi connectivity index (χ0) is 29.9. The average molecular weight is 597 g/mol. The number of esters is 1. The lowest BCUT2D eigenvalue weighted by Crippen LogP contribution is -2.82. The molecule has 234 valence electrons. The number of piperidine rings is 1. The summed E-state index contributed by atoms with van der Waals surface area (Å²) in [4.78, 5) is 28.7. The number of fused-ring (bicyclic) bond motifs is 1. The number of carbonyl (C=O) groups excluding carboxylic acids is 2. The molecule has 7 fully saturated rings. The van der Waals surface area contributed by atoms with Crippen molar-refractivity contribution in [3.8, 4) is 0 Å². The van der Waals surface area contributed by atoms with Crippen LogP contribution in [0.5, 0.6) is 0 Å². The molecule has 1 aromatic carbocycles. The number of likely N-dealkylation sites (N-methyl/N-ethyl adjacent to an activating group) is 1. The van der Waals surface area contributed by atoms with Crippen molar-refractivity contribution in [3.63, 3.8) is 0 Å². The van der Waals surface area contributed by atoms with Gasteiger partial charge in [-0.2, -0.15) is 0 Å². The van der Waals surface area contributed by atoms with E-state index in [9.17, 15) is 9.59 Å². The summed E-state index contributed by atoms with van der Waals surface area (Å²) in [6.45, 7) is 5.41. The van der Waals surface area contributed by atoms with Crippen LogP contribution in [0.25, 0.3) is 0 Å². The van der Waals surface area contributed by atoms with E-state index in [-0.39, 0.29) is 66.1 Å². The van der Waals surface area contributed by atoms with Crippen LogP contribution in [0.1, 0.15) is 56.3 Å². The fourth-order valence-electron chi connectivity index (χ4n) is 12.4. The Labute approximate surface area is 253 Å². The number of ether oxygens (including phenoxy) is 6. The Kier molecular flexibility index (Phi) is 6.25. The molecule has 7 bridgehead atoms. The summed E-state index contributed by atoms with van der Waals surface area (Å²) in [6, 6.07) is 7.32. The number of nitrogens with zero attached hydrogens (tertiary/aromatic N) is 1. The van der Waals surface area contributed by atoms with Crippen LogP contribution < -0.4 is 5.32 Å². The van der Waals surface area contributed by atoms with Gasteiger partial charge in [0.25, 0.3) is 0 Å². The van der Waals surface area contributed by atoms with Crippen molar-refractivity contribution in [1.82, 2.24) is 4.90 Å². The maximum atomic E-state index is 14.1. The SMILES string of the molecule is CCN1C[C@]2(OC(=O)c3ccccc3NC(C)=O)CC[C@H](OC)[C@]34C1[C@@H](C[C@H]23)[C@@]12C[C@H](OC)[C@H]3CC4[C@]1(OCO2)[C@H]3OC. The minimum Gasteiger partial charge on any atom is -0.454 e. The Hall–Kier alpha value is -2.08. The molecule has 1 N–H and O–H groups in total. The lowest BCUT2D eigenvalue weighted by atomic mass is 9.44. The molecular weight excluding hydrogens is 552 g/mol. The van der Waals surface area contributed by atoms with Gasteiger partial charge in [0.1, 0.15) is 23.6 Å². The predicted octanol–water partition coefficient (Wildman–Crippen LogP) is 3.24. The smallest absolute Gasteiger partial charge is 0.340 e. The Morgan fingerprint density at radius 1 is 1.07 bits per heavy atom. The number of anilines is 1. The third kappa shape index (κ3) is 3.15. The third-order valence-corrected chi connectivity index (χ3v) is 13.2. The summed E-state index contributed by atoms with van der Waals surface area (Å²) >= 11 is 0. The van der Waals surface area contributed by atoms with Gasteiger partial charge in [0.15, 0.2) is 0 Å². The number of amides is 1. The zero-order valence-corrected chi connectivity index (χ0v) is 25.8. The fraction of sp³-hybridized carbons (Fsp3) is 0.758. The van der Waals surface area contributed by atoms with E-state index in [4.69, 9.17) is 28.4 Å². The molecule has 5 aliphatic carbocycles. The number of likely N-dealkylation sites (tertiary alicyclic amines) is 1.